The minimum atomic E-state index is -5.31. The number of benzene rings is 6. The van der Waals surface area contributed by atoms with Crippen molar-refractivity contribution in [2.75, 3.05) is 27.1 Å². The first kappa shape index (κ1) is 64.5. The molecule has 8 N–H and O–H groups in total. The second-order valence-electron chi connectivity index (χ2n) is 16.4. The van der Waals surface area contributed by atoms with Crippen LogP contribution < -0.4 is 19.9 Å². The number of anilines is 1. The fourth-order valence-electron chi connectivity index (χ4n) is 7.03. The van der Waals surface area contributed by atoms with Crippen LogP contribution in [0.25, 0.3) is 10.8 Å². The predicted molar refractivity (Wildman–Crippen MR) is 285 cm³/mol. The molecule has 446 valence electrons. The maximum atomic E-state index is 12.9. The first-order chi connectivity index (χ1) is 38.2. The first-order valence-electron chi connectivity index (χ1n) is 21.9. The van der Waals surface area contributed by atoms with Gasteiger partial charge >= 0.3 is 20.8 Å². The lowest BCUT2D eigenvalue weighted by molar-refractivity contribution is 0.250. The monoisotopic (exact) mass is 1300 g/mol. The van der Waals surface area contributed by atoms with Gasteiger partial charge in [-0.25, -0.2) is 25.2 Å². The number of azo groups is 4. The van der Waals surface area contributed by atoms with Gasteiger partial charge in [0.2, 0.25) is 19.7 Å². The zero-order valence-electron chi connectivity index (χ0n) is 42.6. The molecule has 41 heteroatoms. The molecule has 0 bridgehead atoms. The van der Waals surface area contributed by atoms with E-state index in [-0.39, 0.29) is 67.7 Å². The Balaban J connectivity index is 1.35. The number of phenolic OH excluding ortho intramolecular Hbond substituents is 1. The summed E-state index contributed by atoms with van der Waals surface area (Å²) >= 11 is 0. The van der Waals surface area contributed by atoms with E-state index in [0.717, 1.165) is 64.5 Å². The predicted octanol–water partition coefficient (Wildman–Crippen LogP) is 7.74. The Morgan fingerprint density at radius 2 is 0.783 bits per heavy atom. The van der Waals surface area contributed by atoms with Crippen LogP contribution in [0.5, 0.6) is 23.0 Å². The summed E-state index contributed by atoms with van der Waals surface area (Å²) in [6, 6.07) is 12.1. The third kappa shape index (κ3) is 14.9. The third-order valence-electron chi connectivity index (χ3n) is 11.0. The van der Waals surface area contributed by atoms with Gasteiger partial charge in [-0.2, -0.15) is 47.2 Å². The fourth-order valence-corrected chi connectivity index (χ4v) is 13.1. The largest absolute Gasteiger partial charge is 0.505 e. The zero-order chi connectivity index (χ0) is 62.2. The molecule has 0 aliphatic carbocycles. The molecule has 0 fully saturated rings. The standard InChI is InChI=1S/C42H41N9O25S7/c1-20-13-31(34(72-4)17-30(20)46-44-28-11-7-23(14-37(28)79(57,58)59)77(53,54)21(2)75-82(66,67)68)48-51-41-39(81(63,64)65)16-26-25(42(41)52)9-10-27(43)40(26)50-49-33-19-35(73-5)32(18-36(33)74-6)47-45-29-12-8-24(15-38(29)80(60,61)62)78(55,56)22(3)76-83(69,70)71/h7-19,21-22,52H,43H2,1-6H3,(H,57,58,59)(H,60,61,62)(H,63,64,65)(H,66,67,68)(H,69,70,71). The first-order valence-corrected chi connectivity index (χ1v) is 32.1. The van der Waals surface area contributed by atoms with E-state index in [2.05, 4.69) is 49.3 Å². The van der Waals surface area contributed by atoms with Gasteiger partial charge in [0.05, 0.1) is 42.5 Å². The summed E-state index contributed by atoms with van der Waals surface area (Å²) < 4.78 is 244. The van der Waals surface area contributed by atoms with E-state index in [0.29, 0.717) is 12.1 Å². The van der Waals surface area contributed by atoms with E-state index < -0.39 is 129 Å². The number of nitrogens with two attached hydrogens (primary N) is 1. The highest BCUT2D eigenvalue weighted by atomic mass is 32.3. The van der Waals surface area contributed by atoms with E-state index in [1.807, 2.05) is 0 Å². The Bertz CT molecular complexity index is 4600. The SMILES string of the molecule is COc1cc(N=Nc2c(N)ccc3c(O)c(N=Nc4cc(C)c(N=Nc5ccc(S(=O)(=O)C(C)OS(=O)(=O)O)cc5S(=O)(=O)O)cc4OC)c(S(=O)(=O)O)cc23)c(OC)cc1N=Nc1ccc(S(=O)(=O)C(C)OS(=O)(=O)O)cc1S(=O)(=O)O. The van der Waals surface area contributed by atoms with Crippen LogP contribution >= 0.6 is 0 Å². The number of hydrogen-bond donors (Lipinski definition) is 7. The number of aryl methyl sites for hydroxylation is 1. The highest BCUT2D eigenvalue weighted by Crippen LogP contribution is 2.48. The molecule has 0 aliphatic rings. The van der Waals surface area contributed by atoms with Crippen molar-refractivity contribution >= 4 is 133 Å². The number of sulfone groups is 2. The van der Waals surface area contributed by atoms with Gasteiger partial charge < -0.3 is 25.1 Å². The molecule has 0 aliphatic heterocycles. The Labute approximate surface area is 471 Å². The van der Waals surface area contributed by atoms with Gasteiger partial charge in [-0.3, -0.25) is 22.8 Å². The van der Waals surface area contributed by atoms with Crippen LogP contribution in [-0.4, -0.2) is 119 Å². The van der Waals surface area contributed by atoms with Gasteiger partial charge in [0, 0.05) is 29.0 Å². The Morgan fingerprint density at radius 1 is 0.422 bits per heavy atom. The topological polar surface area (TPSA) is 531 Å². The molecule has 0 radical (unpaired) electrons. The summed E-state index contributed by atoms with van der Waals surface area (Å²) in [5.74, 6) is -1.37. The fraction of sp³-hybridized carbons (Fsp3) is 0.190. The van der Waals surface area contributed by atoms with Crippen LogP contribution in [0.15, 0.2) is 144 Å². The van der Waals surface area contributed by atoms with Gasteiger partial charge in [-0.1, -0.05) is 0 Å². The second kappa shape index (κ2) is 23.9. The molecular formula is C42H41N9O25S7. The molecule has 6 aromatic rings. The average molecular weight is 1300 g/mol. The molecule has 6 rings (SSSR count). The maximum Gasteiger partial charge on any atom is 0.398 e. The van der Waals surface area contributed by atoms with E-state index in [4.69, 9.17) is 29.0 Å². The number of aromatic hydroxyl groups is 1. The maximum absolute atomic E-state index is 12.9. The number of rotatable bonds is 22. The van der Waals surface area contributed by atoms with Crippen LogP contribution in [0.1, 0.15) is 19.4 Å². The van der Waals surface area contributed by atoms with Gasteiger partial charge in [0.15, 0.2) is 16.6 Å². The van der Waals surface area contributed by atoms with Crippen molar-refractivity contribution in [1.29, 1.82) is 0 Å². The molecule has 0 spiro atoms. The number of hydrogen-bond acceptors (Lipinski definition) is 29. The van der Waals surface area contributed by atoms with Crippen molar-refractivity contribution in [3.8, 4) is 23.0 Å². The third-order valence-corrected chi connectivity index (χ3v) is 18.7. The van der Waals surface area contributed by atoms with Crippen molar-refractivity contribution in [2.45, 2.75) is 56.1 Å². The van der Waals surface area contributed by atoms with Crippen LogP contribution in [0.3, 0.4) is 0 Å². The average Bonchev–Trinajstić information content (AvgIpc) is 1.67. The van der Waals surface area contributed by atoms with Gasteiger partial charge in [0.1, 0.15) is 71.7 Å². The van der Waals surface area contributed by atoms with E-state index in [1.54, 1.807) is 0 Å². The Hall–Kier alpha value is -7.65. The number of ether oxygens (including phenoxy) is 3. The minimum Gasteiger partial charge on any atom is -0.505 e. The summed E-state index contributed by atoms with van der Waals surface area (Å²) in [4.78, 5) is -5.00. The molecule has 6 aromatic carbocycles. The van der Waals surface area contributed by atoms with Crippen molar-refractivity contribution in [3.05, 3.63) is 84.4 Å². The lowest BCUT2D eigenvalue weighted by Crippen LogP contribution is -2.24. The van der Waals surface area contributed by atoms with Crippen molar-refractivity contribution in [2.24, 2.45) is 40.9 Å². The molecule has 83 heavy (non-hydrogen) atoms. The summed E-state index contributed by atoms with van der Waals surface area (Å²) in [5, 5.41) is 42.9. The van der Waals surface area contributed by atoms with Crippen LogP contribution in [0, 0.1) is 6.92 Å². The number of methoxy groups -OCH3 is 3. The molecular weight excluding hydrogens is 1250 g/mol. The van der Waals surface area contributed by atoms with Crippen LogP contribution in [0.4, 0.5) is 51.2 Å². The van der Waals surface area contributed by atoms with Gasteiger partial charge in [0.25, 0.3) is 30.4 Å². The molecule has 0 saturated heterocycles. The van der Waals surface area contributed by atoms with E-state index in [9.17, 15) is 77.7 Å². The van der Waals surface area contributed by atoms with E-state index >= 15 is 0 Å². The Kier molecular flexibility index (Phi) is 18.6. The normalized spacial score (nSPS) is 14.1. The van der Waals surface area contributed by atoms with Crippen molar-refractivity contribution in [3.63, 3.8) is 0 Å². The molecule has 2 unspecified atom stereocenters. The smallest absolute Gasteiger partial charge is 0.398 e. The zero-order valence-corrected chi connectivity index (χ0v) is 48.3. The lowest BCUT2D eigenvalue weighted by Gasteiger charge is -2.13. The summed E-state index contributed by atoms with van der Waals surface area (Å²) in [5.41, 5.74) is -1.23. The van der Waals surface area contributed by atoms with Gasteiger partial charge in [-0.05, 0) is 87.0 Å². The number of fused-ring (bicyclic) bond motifs is 1. The highest BCUT2D eigenvalue weighted by molar-refractivity contribution is 7.93. The molecule has 0 heterocycles. The minimum absolute atomic E-state index is 0.0703. The summed E-state index contributed by atoms with van der Waals surface area (Å²) in [7, 11) is -32.6. The Morgan fingerprint density at radius 3 is 1.18 bits per heavy atom. The van der Waals surface area contributed by atoms with Crippen molar-refractivity contribution in [1.82, 2.24) is 0 Å². The van der Waals surface area contributed by atoms with E-state index in [1.165, 1.54) is 44.4 Å². The summed E-state index contributed by atoms with van der Waals surface area (Å²) in [6.07, 6.45) is 0. The number of phenols is 1. The molecule has 0 saturated carbocycles. The number of nitrogens with zero attached hydrogens (tertiary/aromatic N) is 8. The molecule has 34 nitrogen and oxygen atoms in total. The number of nitrogen functional groups attached to an aromatic ring is 1. The van der Waals surface area contributed by atoms with Crippen LogP contribution in [0.2, 0.25) is 0 Å². The molecule has 0 amide bonds. The van der Waals surface area contributed by atoms with Gasteiger partial charge in [-0.15, -0.1) is 35.8 Å². The molecule has 0 aromatic heterocycles. The molecule has 2 atom stereocenters. The quantitative estimate of drug-likeness (QED) is 0.0194. The lowest BCUT2D eigenvalue weighted by atomic mass is 10.1. The van der Waals surface area contributed by atoms with Crippen molar-refractivity contribution < 1.29 is 109 Å². The van der Waals surface area contributed by atoms with Crippen LogP contribution in [-0.2, 0) is 79.2 Å². The summed E-state index contributed by atoms with van der Waals surface area (Å²) in [6.45, 7) is 2.88. The highest BCUT2D eigenvalue weighted by Gasteiger charge is 2.33. The second-order valence-corrected chi connectivity index (χ2v) is 27.2.